The Kier molecular flexibility index (Phi) is 5.43. The Bertz CT molecular complexity index is 445. The Morgan fingerprint density at radius 3 is 2.05 bits per heavy atom. The third kappa shape index (κ3) is 4.61. The van der Waals surface area contributed by atoms with Crippen LogP contribution in [0.15, 0.2) is 0 Å². The van der Waals surface area contributed by atoms with E-state index < -0.39 is 23.2 Å². The molecule has 0 spiro atoms. The average Bonchev–Trinajstić information content (AvgIpc) is 2.36. The van der Waals surface area contributed by atoms with Gasteiger partial charge in [-0.25, -0.2) is 9.59 Å². The number of carbonyl (C=O) groups is 3. The monoisotopic (exact) mass is 314 g/mol. The van der Waals surface area contributed by atoms with Gasteiger partial charge in [-0.2, -0.15) is 0 Å². The van der Waals surface area contributed by atoms with Crippen molar-refractivity contribution in [1.82, 2.24) is 10.2 Å². The van der Waals surface area contributed by atoms with Crippen LogP contribution in [0.5, 0.6) is 0 Å². The summed E-state index contributed by atoms with van der Waals surface area (Å²) in [7, 11) is 0. The van der Waals surface area contributed by atoms with Crippen molar-refractivity contribution in [3.05, 3.63) is 0 Å². The first-order valence-corrected chi connectivity index (χ1v) is 7.50. The number of carboxylic acids is 1. The van der Waals surface area contributed by atoms with E-state index in [4.69, 9.17) is 4.74 Å². The number of aliphatic carboxylic acids is 1. The molecule has 1 fully saturated rings. The Morgan fingerprint density at radius 2 is 1.68 bits per heavy atom. The average molecular weight is 314 g/mol. The zero-order chi connectivity index (χ0) is 17.1. The Labute approximate surface area is 131 Å². The topological polar surface area (TPSA) is 95.9 Å². The molecule has 1 aliphatic rings. The van der Waals surface area contributed by atoms with Crippen molar-refractivity contribution in [3.8, 4) is 0 Å². The standard InChI is InChI=1S/C15H26N2O5/c1-10(2)11(18)17-8-6-15(7-9-17,12(19)20)16-13(21)22-14(3,4)5/h10H,6-9H2,1-5H3,(H,16,21)(H,19,20). The fraction of sp³-hybridized carbons (Fsp3) is 0.800. The second kappa shape index (κ2) is 6.54. The van der Waals surface area contributed by atoms with Gasteiger partial charge in [-0.3, -0.25) is 4.79 Å². The molecule has 126 valence electrons. The third-order valence-corrected chi connectivity index (χ3v) is 3.57. The molecule has 2 N–H and O–H groups in total. The van der Waals surface area contributed by atoms with E-state index in [0.717, 1.165) is 0 Å². The third-order valence-electron chi connectivity index (χ3n) is 3.57. The predicted molar refractivity (Wildman–Crippen MR) is 80.4 cm³/mol. The zero-order valence-electron chi connectivity index (χ0n) is 13.9. The molecule has 0 aliphatic carbocycles. The molecule has 0 unspecified atom stereocenters. The van der Waals surface area contributed by atoms with Crippen molar-refractivity contribution in [2.24, 2.45) is 5.92 Å². The number of piperidine rings is 1. The van der Waals surface area contributed by atoms with E-state index in [0.29, 0.717) is 13.1 Å². The molecule has 1 aliphatic heterocycles. The number of hydrogen-bond donors (Lipinski definition) is 2. The molecule has 0 aromatic carbocycles. The largest absolute Gasteiger partial charge is 0.480 e. The van der Waals surface area contributed by atoms with Crippen molar-refractivity contribution < 1.29 is 24.2 Å². The predicted octanol–water partition coefficient (Wildman–Crippen LogP) is 1.61. The number of hydrogen-bond acceptors (Lipinski definition) is 4. The number of ether oxygens (including phenoxy) is 1. The SMILES string of the molecule is CC(C)C(=O)N1CCC(NC(=O)OC(C)(C)C)(C(=O)O)CC1. The lowest BCUT2D eigenvalue weighted by Gasteiger charge is -2.40. The molecule has 0 bridgehead atoms. The van der Waals surface area contributed by atoms with Crippen LogP contribution in [0.3, 0.4) is 0 Å². The van der Waals surface area contributed by atoms with Crippen LogP contribution in [0.4, 0.5) is 4.79 Å². The molecular formula is C15H26N2O5. The molecule has 22 heavy (non-hydrogen) atoms. The fourth-order valence-electron chi connectivity index (χ4n) is 2.37. The number of nitrogens with one attached hydrogen (secondary N) is 1. The van der Waals surface area contributed by atoms with Gasteiger partial charge < -0.3 is 20.1 Å². The van der Waals surface area contributed by atoms with Gasteiger partial charge in [-0.05, 0) is 33.6 Å². The van der Waals surface area contributed by atoms with Gasteiger partial charge in [0.1, 0.15) is 11.1 Å². The highest BCUT2D eigenvalue weighted by molar-refractivity contribution is 5.85. The second-order valence-corrected chi connectivity index (χ2v) is 6.99. The van der Waals surface area contributed by atoms with E-state index in [-0.39, 0.29) is 24.7 Å². The summed E-state index contributed by atoms with van der Waals surface area (Å²) in [6.45, 7) is 9.36. The van der Waals surface area contributed by atoms with Crippen LogP contribution in [-0.2, 0) is 14.3 Å². The van der Waals surface area contributed by atoms with Gasteiger partial charge in [-0.1, -0.05) is 13.8 Å². The normalized spacial score (nSPS) is 18.0. The molecule has 2 amide bonds. The van der Waals surface area contributed by atoms with E-state index in [2.05, 4.69) is 5.32 Å². The van der Waals surface area contributed by atoms with Crippen LogP contribution in [0.25, 0.3) is 0 Å². The van der Waals surface area contributed by atoms with E-state index in [1.807, 2.05) is 0 Å². The van der Waals surface area contributed by atoms with Gasteiger partial charge >= 0.3 is 12.1 Å². The van der Waals surface area contributed by atoms with E-state index in [9.17, 15) is 19.5 Å². The van der Waals surface area contributed by atoms with Crippen LogP contribution < -0.4 is 5.32 Å². The lowest BCUT2D eigenvalue weighted by atomic mass is 9.87. The fourth-order valence-corrected chi connectivity index (χ4v) is 2.37. The first-order valence-electron chi connectivity index (χ1n) is 7.50. The van der Waals surface area contributed by atoms with Crippen LogP contribution >= 0.6 is 0 Å². The van der Waals surface area contributed by atoms with Gasteiger partial charge in [-0.15, -0.1) is 0 Å². The summed E-state index contributed by atoms with van der Waals surface area (Å²) in [5, 5.41) is 12.0. The number of nitrogens with zero attached hydrogens (tertiary/aromatic N) is 1. The maximum atomic E-state index is 12.0. The van der Waals surface area contributed by atoms with E-state index in [1.165, 1.54) is 0 Å². The number of rotatable bonds is 3. The minimum absolute atomic E-state index is 0.00347. The quantitative estimate of drug-likeness (QED) is 0.825. The summed E-state index contributed by atoms with van der Waals surface area (Å²) >= 11 is 0. The van der Waals surface area contributed by atoms with Gasteiger partial charge in [0, 0.05) is 19.0 Å². The Balaban J connectivity index is 2.74. The Hall–Kier alpha value is -1.79. The molecule has 7 heteroatoms. The number of alkyl carbamates (subject to hydrolysis) is 1. The van der Waals surface area contributed by atoms with Gasteiger partial charge in [0.15, 0.2) is 0 Å². The van der Waals surface area contributed by atoms with Gasteiger partial charge in [0.2, 0.25) is 5.91 Å². The number of carboxylic acid groups (broad SMARTS) is 1. The number of carbonyl (C=O) groups excluding carboxylic acids is 2. The summed E-state index contributed by atoms with van der Waals surface area (Å²) in [5.74, 6) is -1.23. The molecular weight excluding hydrogens is 288 g/mol. The van der Waals surface area contributed by atoms with Crippen LogP contribution in [-0.4, -0.2) is 52.2 Å². The highest BCUT2D eigenvalue weighted by Gasteiger charge is 2.44. The summed E-state index contributed by atoms with van der Waals surface area (Å²) in [5.41, 5.74) is -2.08. The molecule has 0 aromatic rings. The van der Waals surface area contributed by atoms with Crippen LogP contribution in [0.2, 0.25) is 0 Å². The van der Waals surface area contributed by atoms with Gasteiger partial charge in [0.05, 0.1) is 0 Å². The molecule has 7 nitrogen and oxygen atoms in total. The van der Waals surface area contributed by atoms with Crippen molar-refractivity contribution in [1.29, 1.82) is 0 Å². The van der Waals surface area contributed by atoms with Crippen molar-refractivity contribution in [2.75, 3.05) is 13.1 Å². The lowest BCUT2D eigenvalue weighted by molar-refractivity contribution is -0.150. The van der Waals surface area contributed by atoms with E-state index in [1.54, 1.807) is 39.5 Å². The highest BCUT2D eigenvalue weighted by atomic mass is 16.6. The van der Waals surface area contributed by atoms with E-state index >= 15 is 0 Å². The molecule has 0 aromatic heterocycles. The lowest BCUT2D eigenvalue weighted by Crippen LogP contribution is -2.61. The minimum Gasteiger partial charge on any atom is -0.480 e. The smallest absolute Gasteiger partial charge is 0.408 e. The summed E-state index contributed by atoms with van der Waals surface area (Å²) in [6.07, 6.45) is -0.418. The zero-order valence-corrected chi connectivity index (χ0v) is 13.9. The minimum atomic E-state index is -1.38. The summed E-state index contributed by atoms with van der Waals surface area (Å²) < 4.78 is 5.13. The maximum Gasteiger partial charge on any atom is 0.408 e. The highest BCUT2D eigenvalue weighted by Crippen LogP contribution is 2.24. The van der Waals surface area contributed by atoms with Crippen LogP contribution in [0.1, 0.15) is 47.5 Å². The molecule has 1 rings (SSSR count). The second-order valence-electron chi connectivity index (χ2n) is 6.99. The molecule has 1 heterocycles. The maximum absolute atomic E-state index is 12.0. The summed E-state index contributed by atoms with van der Waals surface area (Å²) in [6, 6.07) is 0. The first-order chi connectivity index (χ1) is 9.97. The number of likely N-dealkylation sites (tertiary alicyclic amines) is 1. The molecule has 0 saturated carbocycles. The van der Waals surface area contributed by atoms with Crippen LogP contribution in [0, 0.1) is 5.92 Å². The van der Waals surface area contributed by atoms with Crippen molar-refractivity contribution in [2.45, 2.75) is 58.6 Å². The first kappa shape index (κ1) is 18.3. The molecule has 0 radical (unpaired) electrons. The molecule has 1 saturated heterocycles. The van der Waals surface area contributed by atoms with Crippen molar-refractivity contribution >= 4 is 18.0 Å². The van der Waals surface area contributed by atoms with Gasteiger partial charge in [0.25, 0.3) is 0 Å². The molecule has 0 atom stereocenters. The van der Waals surface area contributed by atoms with Crippen molar-refractivity contribution in [3.63, 3.8) is 0 Å². The number of amides is 2. The Morgan fingerprint density at radius 1 is 1.18 bits per heavy atom. The summed E-state index contributed by atoms with van der Waals surface area (Å²) in [4.78, 5) is 37.1.